The Morgan fingerprint density at radius 3 is 2.72 bits per heavy atom. The first kappa shape index (κ1) is 23.6. The average Bonchev–Trinajstić information content (AvgIpc) is 2.69. The van der Waals surface area contributed by atoms with Crippen molar-refractivity contribution in [3.05, 3.63) is 48.2 Å². The number of ether oxygens (including phenoxy) is 2. The number of hydrogen-bond acceptors (Lipinski definition) is 5. The van der Waals surface area contributed by atoms with E-state index in [9.17, 15) is 0 Å². The molecule has 1 saturated heterocycles. The second-order valence-electron chi connectivity index (χ2n) is 7.22. The predicted octanol–water partition coefficient (Wildman–Crippen LogP) is 4.40. The van der Waals surface area contributed by atoms with Gasteiger partial charge in [-0.1, -0.05) is 12.1 Å². The Bertz CT molecular complexity index is 815. The lowest BCUT2D eigenvalue weighted by atomic mass is 10.2. The molecule has 6 nitrogen and oxygen atoms in total. The third-order valence-corrected chi connectivity index (χ3v) is 5.75. The molecule has 29 heavy (non-hydrogen) atoms. The van der Waals surface area contributed by atoms with E-state index < -0.39 is 0 Å². The third-order valence-electron chi connectivity index (χ3n) is 4.45. The van der Waals surface area contributed by atoms with Crippen LogP contribution in [0.3, 0.4) is 0 Å². The smallest absolute Gasteiger partial charge is 0.219 e. The number of aromatic nitrogens is 1. The van der Waals surface area contributed by atoms with Gasteiger partial charge in [0, 0.05) is 55.5 Å². The molecule has 0 amide bonds. The summed E-state index contributed by atoms with van der Waals surface area (Å²) in [4.78, 5) is 11.2. The van der Waals surface area contributed by atoms with E-state index in [1.807, 2.05) is 61.4 Å². The SMILES string of the molecule is CN=C(NCc1ccc(Oc2cccc(OC)c2)nc1)N1CCSC(C)(C)C1.I. The lowest BCUT2D eigenvalue weighted by Gasteiger charge is -2.39. The number of halogens is 1. The Morgan fingerprint density at radius 2 is 2.07 bits per heavy atom. The summed E-state index contributed by atoms with van der Waals surface area (Å²) in [6.45, 7) is 7.23. The topological polar surface area (TPSA) is 59.0 Å². The van der Waals surface area contributed by atoms with Gasteiger partial charge in [0.2, 0.25) is 5.88 Å². The number of guanidine groups is 1. The van der Waals surface area contributed by atoms with Crippen molar-refractivity contribution in [3.63, 3.8) is 0 Å². The lowest BCUT2D eigenvalue weighted by molar-refractivity contribution is 0.375. The van der Waals surface area contributed by atoms with E-state index in [1.165, 1.54) is 0 Å². The molecule has 2 heterocycles. The van der Waals surface area contributed by atoms with E-state index in [1.54, 1.807) is 7.11 Å². The maximum atomic E-state index is 5.79. The zero-order valence-corrected chi connectivity index (χ0v) is 20.5. The first-order valence-electron chi connectivity index (χ1n) is 9.35. The number of hydrogen-bond donors (Lipinski definition) is 1. The fourth-order valence-corrected chi connectivity index (χ4v) is 4.18. The van der Waals surface area contributed by atoms with Crippen molar-refractivity contribution >= 4 is 41.7 Å². The van der Waals surface area contributed by atoms with Gasteiger partial charge in [-0.15, -0.1) is 24.0 Å². The fourth-order valence-electron chi connectivity index (χ4n) is 3.07. The van der Waals surface area contributed by atoms with E-state index in [-0.39, 0.29) is 28.7 Å². The molecule has 0 radical (unpaired) electrons. The van der Waals surface area contributed by atoms with E-state index in [2.05, 4.69) is 34.0 Å². The molecule has 0 bridgehead atoms. The molecular formula is C21H29IN4O2S. The molecule has 1 N–H and O–H groups in total. The molecule has 0 aliphatic carbocycles. The quantitative estimate of drug-likeness (QED) is 0.353. The number of pyridine rings is 1. The molecule has 1 aliphatic rings. The Morgan fingerprint density at radius 1 is 1.28 bits per heavy atom. The van der Waals surface area contributed by atoms with Crippen molar-refractivity contribution < 1.29 is 9.47 Å². The maximum absolute atomic E-state index is 5.79. The summed E-state index contributed by atoms with van der Waals surface area (Å²) in [5.74, 6) is 4.06. The van der Waals surface area contributed by atoms with Crippen LogP contribution in [0.2, 0.25) is 0 Å². The summed E-state index contributed by atoms with van der Waals surface area (Å²) in [5.41, 5.74) is 1.07. The van der Waals surface area contributed by atoms with Gasteiger partial charge in [-0.25, -0.2) is 4.98 Å². The van der Waals surface area contributed by atoms with Gasteiger partial charge >= 0.3 is 0 Å². The van der Waals surface area contributed by atoms with Gasteiger partial charge in [0.1, 0.15) is 11.5 Å². The largest absolute Gasteiger partial charge is 0.497 e. The van der Waals surface area contributed by atoms with Crippen molar-refractivity contribution in [1.82, 2.24) is 15.2 Å². The van der Waals surface area contributed by atoms with Gasteiger partial charge in [0.15, 0.2) is 5.96 Å². The number of rotatable bonds is 5. The van der Waals surface area contributed by atoms with Crippen LogP contribution in [0.1, 0.15) is 19.4 Å². The Labute approximate surface area is 194 Å². The van der Waals surface area contributed by atoms with Crippen molar-refractivity contribution in [2.45, 2.75) is 25.1 Å². The molecule has 8 heteroatoms. The molecule has 1 aromatic carbocycles. The van der Waals surface area contributed by atoms with Crippen LogP contribution in [0.25, 0.3) is 0 Å². The van der Waals surface area contributed by atoms with Gasteiger partial charge in [0.25, 0.3) is 0 Å². The second-order valence-corrected chi connectivity index (χ2v) is 9.02. The molecule has 158 valence electrons. The van der Waals surface area contributed by atoms with E-state index >= 15 is 0 Å². The fraction of sp³-hybridized carbons (Fsp3) is 0.429. The third kappa shape index (κ3) is 6.95. The minimum absolute atomic E-state index is 0. The number of nitrogens with one attached hydrogen (secondary N) is 1. The molecular weight excluding hydrogens is 499 g/mol. The molecule has 0 saturated carbocycles. The first-order valence-corrected chi connectivity index (χ1v) is 10.3. The van der Waals surface area contributed by atoms with Crippen LogP contribution in [-0.4, -0.2) is 53.6 Å². The van der Waals surface area contributed by atoms with Crippen molar-refractivity contribution in [1.29, 1.82) is 0 Å². The maximum Gasteiger partial charge on any atom is 0.219 e. The Balaban J connectivity index is 0.00000300. The van der Waals surface area contributed by atoms with Gasteiger partial charge < -0.3 is 19.7 Å². The zero-order valence-electron chi connectivity index (χ0n) is 17.3. The molecule has 1 aliphatic heterocycles. The van der Waals surface area contributed by atoms with Crippen molar-refractivity contribution in [2.24, 2.45) is 4.99 Å². The van der Waals surface area contributed by atoms with Gasteiger partial charge in [-0.2, -0.15) is 11.8 Å². The van der Waals surface area contributed by atoms with E-state index in [4.69, 9.17) is 9.47 Å². The minimum Gasteiger partial charge on any atom is -0.497 e. The summed E-state index contributed by atoms with van der Waals surface area (Å²) in [7, 11) is 3.47. The van der Waals surface area contributed by atoms with Gasteiger partial charge in [-0.05, 0) is 31.5 Å². The monoisotopic (exact) mass is 528 g/mol. The van der Waals surface area contributed by atoms with E-state index in [0.717, 1.165) is 36.1 Å². The minimum atomic E-state index is 0. The summed E-state index contributed by atoms with van der Waals surface area (Å²) < 4.78 is 11.3. The van der Waals surface area contributed by atoms with Crippen LogP contribution in [0.15, 0.2) is 47.6 Å². The first-order chi connectivity index (χ1) is 13.5. The standard InChI is InChI=1S/C21H28N4O2S.HI/c1-21(2)15-25(10-11-28-21)20(22-3)24-14-16-8-9-19(23-13-16)27-18-7-5-6-17(12-18)26-4;/h5-9,12-13H,10-11,14-15H2,1-4H3,(H,22,24);1H. The van der Waals surface area contributed by atoms with E-state index in [0.29, 0.717) is 18.2 Å². The highest BCUT2D eigenvalue weighted by Crippen LogP contribution is 2.29. The number of nitrogens with zero attached hydrogens (tertiary/aromatic N) is 3. The van der Waals surface area contributed by atoms with Gasteiger partial charge in [0.05, 0.1) is 7.11 Å². The number of thioether (sulfide) groups is 1. The highest BCUT2D eigenvalue weighted by atomic mass is 127. The summed E-state index contributed by atoms with van der Waals surface area (Å²) in [6.07, 6.45) is 1.83. The van der Waals surface area contributed by atoms with Crippen molar-refractivity contribution in [3.8, 4) is 17.4 Å². The summed E-state index contributed by atoms with van der Waals surface area (Å²) >= 11 is 2.01. The van der Waals surface area contributed by atoms with Crippen LogP contribution >= 0.6 is 35.7 Å². The van der Waals surface area contributed by atoms with Crippen molar-refractivity contribution in [2.75, 3.05) is 33.0 Å². The lowest BCUT2D eigenvalue weighted by Crippen LogP contribution is -2.50. The van der Waals surface area contributed by atoms with Crippen LogP contribution in [0.5, 0.6) is 17.4 Å². The number of aliphatic imine (C=N–C) groups is 1. The van der Waals surface area contributed by atoms with Crippen LogP contribution in [0.4, 0.5) is 0 Å². The van der Waals surface area contributed by atoms with Crippen LogP contribution < -0.4 is 14.8 Å². The van der Waals surface area contributed by atoms with Crippen LogP contribution in [0, 0.1) is 0 Å². The molecule has 0 atom stereocenters. The summed E-state index contributed by atoms with van der Waals surface area (Å²) in [6, 6.07) is 11.4. The molecule has 1 aromatic heterocycles. The molecule has 3 rings (SSSR count). The number of methoxy groups -OCH3 is 1. The second kappa shape index (κ2) is 10.9. The molecule has 2 aromatic rings. The normalized spacial score (nSPS) is 16.0. The molecule has 1 fully saturated rings. The Hall–Kier alpha value is -1.68. The zero-order chi connectivity index (χ0) is 20.0. The Kier molecular flexibility index (Phi) is 8.88. The highest BCUT2D eigenvalue weighted by molar-refractivity contribution is 14.0. The van der Waals surface area contributed by atoms with Gasteiger partial charge in [-0.3, -0.25) is 4.99 Å². The average molecular weight is 528 g/mol. The number of benzene rings is 1. The highest BCUT2D eigenvalue weighted by Gasteiger charge is 2.28. The molecule has 0 unspecified atom stereocenters. The summed E-state index contributed by atoms with van der Waals surface area (Å²) in [5, 5.41) is 3.45. The predicted molar refractivity (Wildman–Crippen MR) is 131 cm³/mol. The van der Waals surface area contributed by atoms with Crippen LogP contribution in [-0.2, 0) is 6.54 Å². The molecule has 0 spiro atoms.